The van der Waals surface area contributed by atoms with E-state index in [9.17, 15) is 14.4 Å². The molecule has 7 heteroatoms. The molecule has 0 saturated heterocycles. The molecular weight excluding hydrogens is 502 g/mol. The number of ether oxygens (including phenoxy) is 1. The van der Waals surface area contributed by atoms with Crippen LogP contribution in [0.25, 0.3) is 0 Å². The van der Waals surface area contributed by atoms with E-state index in [-0.39, 0.29) is 29.8 Å². The first-order valence-electron chi connectivity index (χ1n) is 15.3. The number of carbonyl (C=O) groups excluding carboxylic acids is 3. The van der Waals surface area contributed by atoms with E-state index in [1.165, 1.54) is 6.42 Å². The summed E-state index contributed by atoms with van der Waals surface area (Å²) in [5, 5.41) is 6.14. The third-order valence-electron chi connectivity index (χ3n) is 7.82. The molecule has 3 amide bonds. The van der Waals surface area contributed by atoms with E-state index in [1.54, 1.807) is 25.7 Å². The number of hydrogen-bond donors (Lipinski definition) is 2. The summed E-state index contributed by atoms with van der Waals surface area (Å²) < 4.78 is 5.51. The van der Waals surface area contributed by atoms with Gasteiger partial charge in [0.15, 0.2) is 0 Å². The van der Waals surface area contributed by atoms with Crippen molar-refractivity contribution in [2.75, 3.05) is 0 Å². The molecule has 7 nitrogen and oxygen atoms in total. The highest BCUT2D eigenvalue weighted by atomic mass is 16.6. The maximum atomic E-state index is 14.5. The SMILES string of the molecule is Cc1ccc(C(C(=O)NC2CCCCC2)N(C(=O)C(NC(=O)OC(C)(C)C)C(C)C)C(C)CCC(C)C)cc1C. The van der Waals surface area contributed by atoms with Crippen molar-refractivity contribution in [3.05, 3.63) is 34.9 Å². The monoisotopic (exact) mass is 557 g/mol. The van der Waals surface area contributed by atoms with E-state index in [1.807, 2.05) is 52.8 Å². The highest BCUT2D eigenvalue weighted by molar-refractivity contribution is 5.92. The van der Waals surface area contributed by atoms with Crippen molar-refractivity contribution in [2.24, 2.45) is 11.8 Å². The van der Waals surface area contributed by atoms with Crippen LogP contribution in [0.1, 0.15) is 123 Å². The first kappa shape index (κ1) is 33.6. The Morgan fingerprint density at radius 3 is 2.10 bits per heavy atom. The van der Waals surface area contributed by atoms with Gasteiger partial charge in [-0.1, -0.05) is 65.2 Å². The van der Waals surface area contributed by atoms with Crippen LogP contribution in [0, 0.1) is 25.7 Å². The Hall–Kier alpha value is -2.57. The molecule has 3 unspecified atom stereocenters. The molecule has 0 bridgehead atoms. The topological polar surface area (TPSA) is 87.7 Å². The van der Waals surface area contributed by atoms with Gasteiger partial charge in [-0.2, -0.15) is 0 Å². The second-order valence-corrected chi connectivity index (χ2v) is 13.5. The van der Waals surface area contributed by atoms with Gasteiger partial charge in [0.2, 0.25) is 11.8 Å². The van der Waals surface area contributed by atoms with Crippen molar-refractivity contribution < 1.29 is 19.1 Å². The second kappa shape index (κ2) is 14.9. The molecule has 40 heavy (non-hydrogen) atoms. The summed E-state index contributed by atoms with van der Waals surface area (Å²) in [7, 11) is 0. The minimum absolute atomic E-state index is 0.110. The van der Waals surface area contributed by atoms with Crippen LogP contribution < -0.4 is 10.6 Å². The lowest BCUT2D eigenvalue weighted by atomic mass is 9.92. The zero-order valence-corrected chi connectivity index (χ0v) is 26.7. The number of rotatable bonds is 11. The quantitative estimate of drug-likeness (QED) is 0.307. The number of benzene rings is 1. The number of aryl methyl sites for hydroxylation is 2. The van der Waals surface area contributed by atoms with Gasteiger partial charge in [0.1, 0.15) is 17.7 Å². The van der Waals surface area contributed by atoms with Crippen LogP contribution in [0.4, 0.5) is 4.79 Å². The Kier molecular flexibility index (Phi) is 12.5. The fourth-order valence-electron chi connectivity index (χ4n) is 5.32. The van der Waals surface area contributed by atoms with Crippen molar-refractivity contribution in [3.8, 4) is 0 Å². The molecular formula is C33H55N3O4. The van der Waals surface area contributed by atoms with Crippen LogP contribution in [0.15, 0.2) is 18.2 Å². The van der Waals surface area contributed by atoms with Crippen LogP contribution in [0.3, 0.4) is 0 Å². The molecule has 1 aromatic rings. The largest absolute Gasteiger partial charge is 0.444 e. The minimum Gasteiger partial charge on any atom is -0.444 e. The normalized spacial score (nSPS) is 16.8. The van der Waals surface area contributed by atoms with E-state index in [2.05, 4.69) is 24.5 Å². The van der Waals surface area contributed by atoms with E-state index in [0.717, 1.165) is 55.2 Å². The number of hydrogen-bond acceptors (Lipinski definition) is 4. The van der Waals surface area contributed by atoms with Crippen molar-refractivity contribution in [1.29, 1.82) is 0 Å². The smallest absolute Gasteiger partial charge is 0.408 e. The molecule has 1 aromatic carbocycles. The highest BCUT2D eigenvalue weighted by Crippen LogP contribution is 2.30. The first-order valence-corrected chi connectivity index (χ1v) is 15.3. The maximum absolute atomic E-state index is 14.5. The number of nitrogens with zero attached hydrogens (tertiary/aromatic N) is 1. The first-order chi connectivity index (χ1) is 18.6. The molecule has 226 valence electrons. The fraction of sp³-hybridized carbons (Fsp3) is 0.727. The molecule has 1 fully saturated rings. The maximum Gasteiger partial charge on any atom is 0.408 e. The molecule has 0 heterocycles. The van der Waals surface area contributed by atoms with Gasteiger partial charge in [-0.3, -0.25) is 9.59 Å². The summed E-state index contributed by atoms with van der Waals surface area (Å²) in [6.07, 6.45) is 6.33. The van der Waals surface area contributed by atoms with Crippen molar-refractivity contribution in [1.82, 2.24) is 15.5 Å². The van der Waals surface area contributed by atoms with Crippen molar-refractivity contribution >= 4 is 17.9 Å². The molecule has 2 N–H and O–H groups in total. The van der Waals surface area contributed by atoms with Crippen LogP contribution in [0.2, 0.25) is 0 Å². The lowest BCUT2D eigenvalue weighted by Gasteiger charge is -2.40. The third-order valence-corrected chi connectivity index (χ3v) is 7.82. The summed E-state index contributed by atoms with van der Waals surface area (Å²) in [6.45, 7) is 19.6. The standard InChI is InChI=1S/C33H55N3O4/c1-21(2)16-18-25(7)36(31(38)28(22(3)4)35-32(39)40-33(8,9)10)29(26-19-17-23(5)24(6)20-26)30(37)34-27-14-12-11-13-15-27/h17,19-22,25,27-29H,11-16,18H2,1-10H3,(H,34,37)(H,35,39). The van der Waals surface area contributed by atoms with Gasteiger partial charge in [0.25, 0.3) is 0 Å². The van der Waals surface area contributed by atoms with Gasteiger partial charge in [-0.15, -0.1) is 0 Å². The summed E-state index contributed by atoms with van der Waals surface area (Å²) in [4.78, 5) is 43.3. The number of amides is 3. The lowest BCUT2D eigenvalue weighted by Crippen LogP contribution is -2.57. The molecule has 0 aromatic heterocycles. The average molecular weight is 558 g/mol. The third kappa shape index (κ3) is 10.1. The van der Waals surface area contributed by atoms with E-state index < -0.39 is 23.8 Å². The van der Waals surface area contributed by atoms with Gasteiger partial charge in [-0.25, -0.2) is 4.79 Å². The van der Waals surface area contributed by atoms with Gasteiger partial charge < -0.3 is 20.3 Å². The fourth-order valence-corrected chi connectivity index (χ4v) is 5.32. The molecule has 3 atom stereocenters. The summed E-state index contributed by atoms with van der Waals surface area (Å²) >= 11 is 0. The summed E-state index contributed by atoms with van der Waals surface area (Å²) in [5.74, 6) is -0.170. The predicted molar refractivity (Wildman–Crippen MR) is 162 cm³/mol. The highest BCUT2D eigenvalue weighted by Gasteiger charge is 2.40. The van der Waals surface area contributed by atoms with Gasteiger partial charge >= 0.3 is 6.09 Å². The zero-order chi connectivity index (χ0) is 30.2. The molecule has 0 spiro atoms. The molecule has 1 aliphatic rings. The van der Waals surface area contributed by atoms with Crippen molar-refractivity contribution in [3.63, 3.8) is 0 Å². The van der Waals surface area contributed by atoms with E-state index >= 15 is 0 Å². The Morgan fingerprint density at radius 1 is 0.950 bits per heavy atom. The van der Waals surface area contributed by atoms with Crippen LogP contribution in [-0.2, 0) is 14.3 Å². The predicted octanol–water partition coefficient (Wildman–Crippen LogP) is 7.00. The molecule has 2 rings (SSSR count). The van der Waals surface area contributed by atoms with Gasteiger partial charge in [-0.05, 0) is 95.8 Å². The van der Waals surface area contributed by atoms with Gasteiger partial charge in [0.05, 0.1) is 0 Å². The summed E-state index contributed by atoms with van der Waals surface area (Å²) in [5.41, 5.74) is 2.30. The zero-order valence-electron chi connectivity index (χ0n) is 26.7. The van der Waals surface area contributed by atoms with E-state index in [0.29, 0.717) is 5.92 Å². The summed E-state index contributed by atoms with van der Waals surface area (Å²) in [6, 6.07) is 4.26. The molecule has 0 aliphatic heterocycles. The van der Waals surface area contributed by atoms with Gasteiger partial charge in [0, 0.05) is 12.1 Å². The minimum atomic E-state index is -0.840. The molecule has 0 radical (unpaired) electrons. The Labute approximate surface area is 243 Å². The second-order valence-electron chi connectivity index (χ2n) is 13.5. The van der Waals surface area contributed by atoms with E-state index in [4.69, 9.17) is 4.74 Å². The Balaban J connectivity index is 2.57. The molecule has 1 aliphatic carbocycles. The lowest BCUT2D eigenvalue weighted by molar-refractivity contribution is -0.146. The Morgan fingerprint density at radius 2 is 1.57 bits per heavy atom. The van der Waals surface area contributed by atoms with Crippen LogP contribution >= 0.6 is 0 Å². The number of carbonyl (C=O) groups is 3. The Bertz CT molecular complexity index is 992. The molecule has 1 saturated carbocycles. The number of nitrogens with one attached hydrogen (secondary N) is 2. The average Bonchev–Trinajstić information content (AvgIpc) is 2.85. The van der Waals surface area contributed by atoms with Crippen LogP contribution in [0.5, 0.6) is 0 Å². The number of alkyl carbamates (subject to hydrolysis) is 1. The van der Waals surface area contributed by atoms with Crippen molar-refractivity contribution in [2.45, 2.75) is 144 Å². The van der Waals surface area contributed by atoms with Crippen LogP contribution in [-0.4, -0.2) is 46.5 Å².